The molecule has 0 aliphatic carbocycles. The molecule has 1 aromatic carbocycles. The van der Waals surface area contributed by atoms with Gasteiger partial charge in [0.15, 0.2) is 0 Å². The number of esters is 1. The van der Waals surface area contributed by atoms with Gasteiger partial charge in [-0.05, 0) is 25.1 Å². The molecule has 0 saturated heterocycles. The molecule has 1 aromatic rings. The summed E-state index contributed by atoms with van der Waals surface area (Å²) in [4.78, 5) is 16.1. The average Bonchev–Trinajstić information content (AvgIpc) is 2.47. The van der Waals surface area contributed by atoms with Gasteiger partial charge in [-0.3, -0.25) is 4.99 Å². The zero-order chi connectivity index (χ0) is 16.1. The molecule has 0 amide bonds. The van der Waals surface area contributed by atoms with Crippen molar-refractivity contribution >= 4 is 44.7 Å². The van der Waals surface area contributed by atoms with E-state index < -0.39 is 39.3 Å². The van der Waals surface area contributed by atoms with Crippen LogP contribution in [0.5, 0.6) is 0 Å². The zero-order valence-corrected chi connectivity index (χ0v) is 14.5. The van der Waals surface area contributed by atoms with Gasteiger partial charge in [0.05, 0.1) is 12.6 Å². The number of rotatable bonds is 5. The standard InChI is InChI=1S/C14H13ClFIN2O3/c1-2-22-14(20)13-7-9(19-17-21)6-12(18-13)10-4-3-8(15)5-11(10)16/h3-5,7,12H,2,6H2,1H3,(H,19,21). The molecule has 8 heteroatoms. The minimum Gasteiger partial charge on any atom is -0.461 e. The topological polar surface area (TPSA) is 67.8 Å². The fourth-order valence-corrected chi connectivity index (χ4v) is 2.88. The van der Waals surface area contributed by atoms with E-state index in [2.05, 4.69) is 8.52 Å². The molecule has 22 heavy (non-hydrogen) atoms. The second-order valence-electron chi connectivity index (χ2n) is 4.46. The number of halogens is 3. The van der Waals surface area contributed by atoms with Crippen LogP contribution in [0.25, 0.3) is 0 Å². The van der Waals surface area contributed by atoms with Crippen LogP contribution in [0.1, 0.15) is 24.9 Å². The molecular formula is C14H13ClFIN2O3. The first kappa shape index (κ1) is 17.0. The molecule has 1 unspecified atom stereocenters. The van der Waals surface area contributed by atoms with Crippen LogP contribution < -0.4 is 3.53 Å². The fraction of sp³-hybridized carbons (Fsp3) is 0.286. The lowest BCUT2D eigenvalue weighted by Gasteiger charge is -2.20. The quantitative estimate of drug-likeness (QED) is 0.433. The molecule has 0 fully saturated rings. The summed E-state index contributed by atoms with van der Waals surface area (Å²) in [5, 5.41) is 0.283. The molecule has 0 saturated carbocycles. The minimum absolute atomic E-state index is 0.0763. The highest BCUT2D eigenvalue weighted by Gasteiger charge is 2.25. The number of carbonyl (C=O) groups is 1. The van der Waals surface area contributed by atoms with E-state index in [9.17, 15) is 12.3 Å². The Balaban J connectivity index is 2.37. The summed E-state index contributed by atoms with van der Waals surface area (Å²) in [6.07, 6.45) is 1.81. The summed E-state index contributed by atoms with van der Waals surface area (Å²) in [6.45, 7) is 1.90. The summed E-state index contributed by atoms with van der Waals surface area (Å²) < 4.78 is 32.6. The van der Waals surface area contributed by atoms with Crippen molar-refractivity contribution in [2.45, 2.75) is 19.4 Å². The molecule has 1 N–H and O–H groups in total. The first-order valence-corrected chi connectivity index (χ1v) is 8.81. The van der Waals surface area contributed by atoms with Crippen LogP contribution in [-0.2, 0) is 12.6 Å². The van der Waals surface area contributed by atoms with E-state index in [1.165, 1.54) is 18.2 Å². The largest absolute Gasteiger partial charge is 0.461 e. The summed E-state index contributed by atoms with van der Waals surface area (Å²) in [5.41, 5.74) is 0.968. The fourth-order valence-electron chi connectivity index (χ4n) is 2.07. The van der Waals surface area contributed by atoms with Crippen LogP contribution in [0.15, 0.2) is 35.0 Å². The lowest BCUT2D eigenvalue weighted by atomic mass is 9.99. The molecule has 2 rings (SSSR count). The Kier molecular flexibility index (Phi) is 6.01. The first-order valence-electron chi connectivity index (χ1n) is 6.47. The van der Waals surface area contributed by atoms with Crippen molar-refractivity contribution in [3.8, 4) is 0 Å². The predicted molar refractivity (Wildman–Crippen MR) is 88.8 cm³/mol. The molecule has 0 bridgehead atoms. The van der Waals surface area contributed by atoms with Crippen LogP contribution in [-0.4, -0.2) is 18.3 Å². The number of carbonyl (C=O) groups excluding carboxylic acids is 1. The third kappa shape index (κ3) is 4.10. The van der Waals surface area contributed by atoms with E-state index in [1.54, 1.807) is 13.0 Å². The molecule has 0 spiro atoms. The van der Waals surface area contributed by atoms with E-state index in [4.69, 9.17) is 16.3 Å². The molecule has 1 heterocycles. The predicted octanol–water partition coefficient (Wildman–Crippen LogP) is 3.63. The molecule has 1 aliphatic heterocycles. The van der Waals surface area contributed by atoms with Crippen LogP contribution in [0, 0.1) is 5.82 Å². The van der Waals surface area contributed by atoms with Crippen LogP contribution >= 0.6 is 33.1 Å². The van der Waals surface area contributed by atoms with Crippen molar-refractivity contribution in [2.75, 3.05) is 6.61 Å². The Morgan fingerprint density at radius 3 is 3.00 bits per heavy atom. The summed E-state index contributed by atoms with van der Waals surface area (Å²) in [6, 6.07) is 3.69. The average molecular weight is 439 g/mol. The highest BCUT2D eigenvalue weighted by Crippen LogP contribution is 2.31. The monoisotopic (exact) mass is 438 g/mol. The number of nitrogens with zero attached hydrogens (tertiary/aromatic N) is 1. The summed E-state index contributed by atoms with van der Waals surface area (Å²) in [5.74, 6) is -1.09. The second kappa shape index (κ2) is 7.77. The molecule has 0 aromatic heterocycles. The molecule has 1 aliphatic rings. The third-order valence-electron chi connectivity index (χ3n) is 2.99. The Hall–Kier alpha value is -1.35. The van der Waals surface area contributed by atoms with Crippen molar-refractivity contribution in [1.82, 2.24) is 3.53 Å². The number of aliphatic imine (C=N–C) groups is 1. The molecule has 1 atom stereocenters. The molecule has 0 radical (unpaired) electrons. The maximum Gasteiger partial charge on any atom is 0.356 e. The van der Waals surface area contributed by atoms with E-state index >= 15 is 0 Å². The number of benzene rings is 1. The van der Waals surface area contributed by atoms with Gasteiger partial charge < -0.3 is 8.27 Å². The molecular weight excluding hydrogens is 426 g/mol. The van der Waals surface area contributed by atoms with Gasteiger partial charge in [-0.25, -0.2) is 12.3 Å². The van der Waals surface area contributed by atoms with Crippen LogP contribution in [0.4, 0.5) is 4.39 Å². The van der Waals surface area contributed by atoms with Crippen LogP contribution in [0.3, 0.4) is 0 Å². The SMILES string of the molecule is CCOC(=O)C1=NC(c2ccc(Cl)cc2F)CC(NI=O)=C1. The van der Waals surface area contributed by atoms with Crippen molar-refractivity contribution in [3.05, 3.63) is 46.4 Å². The maximum atomic E-state index is 14.1. The molecule has 5 nitrogen and oxygen atoms in total. The highest BCUT2D eigenvalue weighted by molar-refractivity contribution is 14.1. The number of hydrogen-bond donors (Lipinski definition) is 1. The Bertz CT molecular complexity index is 663. The smallest absolute Gasteiger partial charge is 0.356 e. The summed E-state index contributed by atoms with van der Waals surface area (Å²) in [7, 11) is 0. The number of nitrogens with one attached hydrogen (secondary N) is 1. The van der Waals surface area contributed by atoms with Gasteiger partial charge in [0, 0.05) is 22.7 Å². The normalized spacial score (nSPS) is 17.5. The lowest BCUT2D eigenvalue weighted by molar-refractivity contribution is -0.134. The van der Waals surface area contributed by atoms with Gasteiger partial charge in [-0.15, -0.1) is 0 Å². The zero-order valence-electron chi connectivity index (χ0n) is 11.6. The van der Waals surface area contributed by atoms with Gasteiger partial charge in [0.25, 0.3) is 21.5 Å². The van der Waals surface area contributed by atoms with E-state index in [0.717, 1.165) is 0 Å². The van der Waals surface area contributed by atoms with Gasteiger partial charge in [0.1, 0.15) is 11.5 Å². The highest BCUT2D eigenvalue weighted by atomic mass is 127. The number of hydrogen-bond acceptors (Lipinski definition) is 4. The number of ether oxygens (including phenoxy) is 1. The van der Waals surface area contributed by atoms with Crippen molar-refractivity contribution in [2.24, 2.45) is 4.99 Å². The molecule has 118 valence electrons. The van der Waals surface area contributed by atoms with Crippen molar-refractivity contribution in [1.29, 1.82) is 0 Å². The van der Waals surface area contributed by atoms with Crippen LogP contribution in [0.2, 0.25) is 5.02 Å². The van der Waals surface area contributed by atoms with Gasteiger partial charge in [0.2, 0.25) is 0 Å². The van der Waals surface area contributed by atoms with Gasteiger partial charge in [-0.2, -0.15) is 0 Å². The van der Waals surface area contributed by atoms with Gasteiger partial charge >= 0.3 is 5.97 Å². The van der Waals surface area contributed by atoms with Gasteiger partial charge in [-0.1, -0.05) is 17.7 Å². The van der Waals surface area contributed by atoms with E-state index in [-0.39, 0.29) is 17.3 Å². The second-order valence-corrected chi connectivity index (χ2v) is 5.88. The van der Waals surface area contributed by atoms with Crippen molar-refractivity contribution in [3.63, 3.8) is 0 Å². The summed E-state index contributed by atoms with van der Waals surface area (Å²) >= 11 is 4.29. The lowest BCUT2D eigenvalue weighted by Crippen LogP contribution is -2.23. The Morgan fingerprint density at radius 2 is 2.36 bits per heavy atom. The van der Waals surface area contributed by atoms with Crippen molar-refractivity contribution < 1.29 is 17.0 Å². The number of dihydropyridines is 1. The first-order chi connectivity index (χ1) is 10.5. The minimum atomic E-state index is -1.46. The van der Waals surface area contributed by atoms with E-state index in [0.29, 0.717) is 17.7 Å². The maximum absolute atomic E-state index is 14.1. The Labute approximate surface area is 142 Å². The van der Waals surface area contributed by atoms with E-state index in [1.807, 2.05) is 0 Å². The Morgan fingerprint density at radius 1 is 1.59 bits per heavy atom. The third-order valence-corrected chi connectivity index (χ3v) is 4.13.